The Morgan fingerprint density at radius 3 is 2.58 bits per heavy atom. The lowest BCUT2D eigenvalue weighted by molar-refractivity contribution is 1.39. The van der Waals surface area contributed by atoms with Crippen LogP contribution in [0.4, 0.5) is 0 Å². The molecule has 0 aliphatic heterocycles. The second-order valence-electron chi connectivity index (χ2n) is 2.78. The molecule has 62 valence electrons. The van der Waals surface area contributed by atoms with Crippen molar-refractivity contribution in [2.24, 2.45) is 0 Å². The van der Waals surface area contributed by atoms with Crippen LogP contribution in [0.2, 0.25) is 0 Å². The van der Waals surface area contributed by atoms with Crippen molar-refractivity contribution in [1.29, 1.82) is 0 Å². The summed E-state index contributed by atoms with van der Waals surface area (Å²) in [6.07, 6.45) is 5.04. The highest BCUT2D eigenvalue weighted by molar-refractivity contribution is 5.63. The summed E-state index contributed by atoms with van der Waals surface area (Å²) in [7, 11) is 0. The van der Waals surface area contributed by atoms with Crippen LogP contribution in [0, 0.1) is 0 Å². The fraction of sp³-hybridized carbons (Fsp3) is 0.167. The Morgan fingerprint density at radius 2 is 2.00 bits per heavy atom. The Labute approximate surface area is 74.2 Å². The van der Waals surface area contributed by atoms with Gasteiger partial charge in [0.2, 0.25) is 0 Å². The monoisotopic (exact) mass is 158 g/mol. The third kappa shape index (κ3) is 2.39. The lowest BCUT2D eigenvalue weighted by atomic mass is 10.1. The van der Waals surface area contributed by atoms with E-state index >= 15 is 0 Å². The van der Waals surface area contributed by atoms with Gasteiger partial charge in [-0.15, -0.1) is 6.58 Å². The second kappa shape index (κ2) is 4.55. The maximum atomic E-state index is 3.68. The van der Waals surface area contributed by atoms with Crippen molar-refractivity contribution in [2.45, 2.75) is 13.3 Å². The minimum absolute atomic E-state index is 0.945. The average molecular weight is 158 g/mol. The zero-order valence-corrected chi connectivity index (χ0v) is 7.46. The summed E-state index contributed by atoms with van der Waals surface area (Å²) in [4.78, 5) is 0. The maximum absolute atomic E-state index is 3.68. The van der Waals surface area contributed by atoms with Crippen LogP contribution in [0.1, 0.15) is 18.9 Å². The smallest absolute Gasteiger partial charge is 0.0166 e. The molecule has 1 aromatic rings. The fourth-order valence-corrected chi connectivity index (χ4v) is 1.08. The van der Waals surface area contributed by atoms with E-state index in [-0.39, 0.29) is 0 Å². The van der Waals surface area contributed by atoms with Crippen molar-refractivity contribution in [2.75, 3.05) is 0 Å². The van der Waals surface area contributed by atoms with Crippen LogP contribution >= 0.6 is 0 Å². The molecule has 0 saturated carbocycles. The molecule has 1 aromatic carbocycles. The SMILES string of the molecule is C=CCC=C(C)c1ccccc1. The van der Waals surface area contributed by atoms with Crippen LogP contribution in [0.3, 0.4) is 0 Å². The molecule has 0 aliphatic rings. The van der Waals surface area contributed by atoms with Gasteiger partial charge in [-0.3, -0.25) is 0 Å². The molecule has 0 saturated heterocycles. The predicted octanol–water partition coefficient (Wildman–Crippen LogP) is 3.67. The quantitative estimate of drug-likeness (QED) is 0.589. The summed E-state index contributed by atoms with van der Waals surface area (Å²) in [6.45, 7) is 5.81. The van der Waals surface area contributed by atoms with Crippen molar-refractivity contribution >= 4 is 5.57 Å². The molecule has 0 spiro atoms. The Bertz CT molecular complexity index is 267. The summed E-state index contributed by atoms with van der Waals surface area (Å²) in [6, 6.07) is 10.4. The molecule has 0 aromatic heterocycles. The van der Waals surface area contributed by atoms with E-state index in [0.29, 0.717) is 0 Å². The largest absolute Gasteiger partial charge is 0.103 e. The summed E-state index contributed by atoms with van der Waals surface area (Å²) in [5.41, 5.74) is 2.61. The Kier molecular flexibility index (Phi) is 3.34. The third-order valence-corrected chi connectivity index (χ3v) is 1.82. The molecule has 0 nitrogen and oxygen atoms in total. The zero-order valence-electron chi connectivity index (χ0n) is 7.46. The highest BCUT2D eigenvalue weighted by atomic mass is 14.0. The number of hydrogen-bond acceptors (Lipinski definition) is 0. The van der Waals surface area contributed by atoms with Crippen LogP contribution in [-0.4, -0.2) is 0 Å². The molecule has 0 radical (unpaired) electrons. The maximum Gasteiger partial charge on any atom is -0.0166 e. The van der Waals surface area contributed by atoms with Gasteiger partial charge in [0.05, 0.1) is 0 Å². The number of allylic oxidation sites excluding steroid dienone is 3. The molecule has 0 unspecified atom stereocenters. The molecule has 0 heterocycles. The van der Waals surface area contributed by atoms with Gasteiger partial charge in [-0.2, -0.15) is 0 Å². The molecule has 0 aliphatic carbocycles. The summed E-state index contributed by atoms with van der Waals surface area (Å²) in [5, 5.41) is 0. The predicted molar refractivity (Wildman–Crippen MR) is 54.9 cm³/mol. The standard InChI is InChI=1S/C12H14/c1-3-4-8-11(2)12-9-6-5-7-10-12/h3,5-10H,1,4H2,2H3. The molecule has 0 heteroatoms. The van der Waals surface area contributed by atoms with Gasteiger partial charge >= 0.3 is 0 Å². The van der Waals surface area contributed by atoms with E-state index in [1.807, 2.05) is 12.1 Å². The first-order valence-corrected chi connectivity index (χ1v) is 4.17. The molecule has 0 N–H and O–H groups in total. The first-order valence-electron chi connectivity index (χ1n) is 4.17. The van der Waals surface area contributed by atoms with Crippen molar-refractivity contribution in [3.05, 3.63) is 54.6 Å². The molecular weight excluding hydrogens is 144 g/mol. The normalized spacial score (nSPS) is 11.2. The van der Waals surface area contributed by atoms with Gasteiger partial charge in [-0.25, -0.2) is 0 Å². The van der Waals surface area contributed by atoms with E-state index < -0.39 is 0 Å². The first-order chi connectivity index (χ1) is 5.84. The Hall–Kier alpha value is -1.30. The van der Waals surface area contributed by atoms with Crippen molar-refractivity contribution in [3.63, 3.8) is 0 Å². The van der Waals surface area contributed by atoms with Crippen LogP contribution in [0.25, 0.3) is 5.57 Å². The van der Waals surface area contributed by atoms with Crippen molar-refractivity contribution in [3.8, 4) is 0 Å². The van der Waals surface area contributed by atoms with Gasteiger partial charge < -0.3 is 0 Å². The van der Waals surface area contributed by atoms with Crippen molar-refractivity contribution < 1.29 is 0 Å². The van der Waals surface area contributed by atoms with Crippen LogP contribution in [0.5, 0.6) is 0 Å². The van der Waals surface area contributed by atoms with Gasteiger partial charge in [0.1, 0.15) is 0 Å². The molecule has 0 amide bonds. The van der Waals surface area contributed by atoms with Crippen molar-refractivity contribution in [1.82, 2.24) is 0 Å². The fourth-order valence-electron chi connectivity index (χ4n) is 1.08. The number of hydrogen-bond donors (Lipinski definition) is 0. The van der Waals surface area contributed by atoms with E-state index in [0.717, 1.165) is 6.42 Å². The van der Waals surface area contributed by atoms with E-state index in [9.17, 15) is 0 Å². The highest BCUT2D eigenvalue weighted by Gasteiger charge is 1.90. The third-order valence-electron chi connectivity index (χ3n) is 1.82. The molecule has 12 heavy (non-hydrogen) atoms. The highest BCUT2D eigenvalue weighted by Crippen LogP contribution is 2.12. The molecule has 0 fully saturated rings. The van der Waals surface area contributed by atoms with E-state index in [2.05, 4.69) is 43.8 Å². The van der Waals surface area contributed by atoms with Crippen LogP contribution in [0.15, 0.2) is 49.1 Å². The minimum Gasteiger partial charge on any atom is -0.103 e. The zero-order chi connectivity index (χ0) is 8.81. The van der Waals surface area contributed by atoms with Gasteiger partial charge in [0.15, 0.2) is 0 Å². The Balaban J connectivity index is 2.77. The minimum atomic E-state index is 0.945. The average Bonchev–Trinajstić information content (AvgIpc) is 2.15. The Morgan fingerprint density at radius 1 is 1.33 bits per heavy atom. The van der Waals surface area contributed by atoms with Gasteiger partial charge in [-0.1, -0.05) is 42.5 Å². The van der Waals surface area contributed by atoms with Gasteiger partial charge in [-0.05, 0) is 24.5 Å². The van der Waals surface area contributed by atoms with Gasteiger partial charge in [0, 0.05) is 0 Å². The van der Waals surface area contributed by atoms with Gasteiger partial charge in [0.25, 0.3) is 0 Å². The molecule has 0 bridgehead atoms. The summed E-state index contributed by atoms with van der Waals surface area (Å²) in [5.74, 6) is 0. The first kappa shape index (κ1) is 8.79. The van der Waals surface area contributed by atoms with Crippen LogP contribution < -0.4 is 0 Å². The molecule has 1 rings (SSSR count). The molecule has 0 atom stereocenters. The van der Waals surface area contributed by atoms with E-state index in [1.54, 1.807) is 0 Å². The van der Waals surface area contributed by atoms with E-state index in [4.69, 9.17) is 0 Å². The number of benzene rings is 1. The second-order valence-corrected chi connectivity index (χ2v) is 2.78. The van der Waals surface area contributed by atoms with Crippen LogP contribution in [-0.2, 0) is 0 Å². The lowest BCUT2D eigenvalue weighted by Gasteiger charge is -1.98. The lowest BCUT2D eigenvalue weighted by Crippen LogP contribution is -1.76. The summed E-state index contributed by atoms with van der Waals surface area (Å²) < 4.78 is 0. The molecular formula is C12H14. The van der Waals surface area contributed by atoms with E-state index in [1.165, 1.54) is 11.1 Å². The summed E-state index contributed by atoms with van der Waals surface area (Å²) >= 11 is 0. The number of rotatable bonds is 3. The topological polar surface area (TPSA) is 0 Å².